The molecule has 0 spiro atoms. The third-order valence-corrected chi connectivity index (χ3v) is 5.59. The van der Waals surface area contributed by atoms with E-state index in [9.17, 15) is 13.2 Å². The van der Waals surface area contributed by atoms with Gasteiger partial charge in [-0.15, -0.1) is 0 Å². The Morgan fingerprint density at radius 3 is 2.48 bits per heavy atom. The van der Waals surface area contributed by atoms with Crippen LogP contribution in [0.1, 0.15) is 16.8 Å². The fourth-order valence-corrected chi connectivity index (χ4v) is 3.82. The maximum atomic E-state index is 12.8. The monoisotopic (exact) mass is 410 g/mol. The van der Waals surface area contributed by atoms with Gasteiger partial charge in [0.15, 0.2) is 11.5 Å². The number of fused-ring (bicyclic) bond motifs is 1. The lowest BCUT2D eigenvalue weighted by Crippen LogP contribution is -2.22. The molecule has 2 aromatic carbocycles. The topological polar surface area (TPSA) is 84.9 Å². The highest BCUT2D eigenvalue weighted by molar-refractivity contribution is 7.92. The van der Waals surface area contributed by atoms with E-state index in [4.69, 9.17) is 21.1 Å². The van der Waals surface area contributed by atoms with Gasteiger partial charge in [-0.05, 0) is 30.3 Å². The quantitative estimate of drug-likeness (QED) is 0.837. The van der Waals surface area contributed by atoms with Crippen LogP contribution in [0.25, 0.3) is 0 Å². The van der Waals surface area contributed by atoms with Gasteiger partial charge in [0.05, 0.1) is 28.8 Å². The van der Waals surface area contributed by atoms with Crippen LogP contribution in [0.3, 0.4) is 0 Å². The summed E-state index contributed by atoms with van der Waals surface area (Å²) in [4.78, 5) is 13.5. The lowest BCUT2D eigenvalue weighted by Gasteiger charge is -2.14. The van der Waals surface area contributed by atoms with Gasteiger partial charge in [-0.2, -0.15) is 0 Å². The normalized spacial score (nSPS) is 13.6. The van der Waals surface area contributed by atoms with Crippen molar-refractivity contribution in [3.63, 3.8) is 0 Å². The zero-order chi connectivity index (χ0) is 19.6. The maximum absolute atomic E-state index is 12.8. The smallest absolute Gasteiger partial charge is 0.262 e. The maximum Gasteiger partial charge on any atom is 0.262 e. The van der Waals surface area contributed by atoms with Crippen molar-refractivity contribution in [2.45, 2.75) is 11.3 Å². The molecule has 0 bridgehead atoms. The Labute approximate surface area is 162 Å². The van der Waals surface area contributed by atoms with Gasteiger partial charge in [0.2, 0.25) is 0 Å². The number of halogens is 1. The molecule has 3 rings (SSSR count). The molecule has 9 heteroatoms. The lowest BCUT2D eigenvalue weighted by molar-refractivity contribution is 0.0827. The molecule has 1 aliphatic rings. The van der Waals surface area contributed by atoms with Gasteiger partial charge < -0.3 is 14.4 Å². The predicted molar refractivity (Wildman–Crippen MR) is 102 cm³/mol. The summed E-state index contributed by atoms with van der Waals surface area (Å²) in [6, 6.07) is 8.82. The Hall–Kier alpha value is -2.45. The molecule has 0 aromatic heterocycles. The number of carbonyl (C=O) groups is 1. The van der Waals surface area contributed by atoms with Crippen molar-refractivity contribution < 1.29 is 22.7 Å². The fraction of sp³-hybridized carbons (Fsp3) is 0.278. The second-order valence-corrected chi connectivity index (χ2v) is 8.25. The molecule has 1 N–H and O–H groups in total. The molecule has 144 valence electrons. The summed E-state index contributed by atoms with van der Waals surface area (Å²) < 4.78 is 39.0. The molecule has 0 saturated heterocycles. The van der Waals surface area contributed by atoms with Gasteiger partial charge in [-0.3, -0.25) is 9.52 Å². The third kappa shape index (κ3) is 4.28. The number of nitrogens with zero attached hydrogens (tertiary/aromatic N) is 1. The molecule has 0 saturated carbocycles. The van der Waals surface area contributed by atoms with Crippen LogP contribution in [0.4, 0.5) is 5.69 Å². The van der Waals surface area contributed by atoms with Crippen molar-refractivity contribution in [2.24, 2.45) is 0 Å². The molecule has 1 heterocycles. The van der Waals surface area contributed by atoms with E-state index in [-0.39, 0.29) is 21.5 Å². The van der Waals surface area contributed by atoms with Crippen molar-refractivity contribution in [1.29, 1.82) is 0 Å². The number of amides is 1. The molecule has 0 radical (unpaired) electrons. The Morgan fingerprint density at radius 2 is 1.78 bits per heavy atom. The van der Waals surface area contributed by atoms with Crippen LogP contribution in [0.2, 0.25) is 5.02 Å². The third-order valence-electron chi connectivity index (χ3n) is 3.89. The van der Waals surface area contributed by atoms with Gasteiger partial charge in [-0.1, -0.05) is 11.6 Å². The van der Waals surface area contributed by atoms with Crippen LogP contribution in [0, 0.1) is 0 Å². The van der Waals surface area contributed by atoms with E-state index in [1.165, 1.54) is 35.2 Å². The highest BCUT2D eigenvalue weighted by Crippen LogP contribution is 2.33. The zero-order valence-corrected chi connectivity index (χ0v) is 16.4. The molecule has 0 aliphatic carbocycles. The van der Waals surface area contributed by atoms with Crippen LogP contribution >= 0.6 is 11.6 Å². The summed E-state index contributed by atoms with van der Waals surface area (Å²) >= 11 is 6.11. The molecule has 0 fully saturated rings. The summed E-state index contributed by atoms with van der Waals surface area (Å²) in [6.07, 6.45) is 0.720. The first kappa shape index (κ1) is 19.3. The molecule has 7 nitrogen and oxygen atoms in total. The minimum atomic E-state index is -3.94. The van der Waals surface area contributed by atoms with Crippen molar-refractivity contribution >= 4 is 33.2 Å². The fourth-order valence-electron chi connectivity index (χ4n) is 2.51. The van der Waals surface area contributed by atoms with Crippen molar-refractivity contribution in [3.8, 4) is 11.5 Å². The van der Waals surface area contributed by atoms with Crippen molar-refractivity contribution in [1.82, 2.24) is 4.90 Å². The van der Waals surface area contributed by atoms with E-state index in [0.717, 1.165) is 6.42 Å². The number of hydrogen-bond donors (Lipinski definition) is 1. The number of nitrogens with one attached hydrogen (secondary N) is 1. The number of carbonyl (C=O) groups excluding carboxylic acids is 1. The molecule has 0 atom stereocenters. The SMILES string of the molecule is CN(C)C(=O)c1ccc(Cl)c(NS(=O)(=O)c2ccc3c(c2)OCCCO3)c1. The van der Waals surface area contributed by atoms with Crippen LogP contribution in [-0.4, -0.2) is 46.5 Å². The number of rotatable bonds is 4. The minimum absolute atomic E-state index is 0.00663. The standard InChI is InChI=1S/C18H19ClN2O5S/c1-21(2)18(22)12-4-6-14(19)15(10-12)20-27(23,24)13-5-7-16-17(11-13)26-9-3-8-25-16/h4-7,10-11,20H,3,8-9H2,1-2H3. The number of anilines is 1. The molecule has 1 amide bonds. The zero-order valence-electron chi connectivity index (χ0n) is 14.9. The van der Waals surface area contributed by atoms with Gasteiger partial charge in [-0.25, -0.2) is 8.42 Å². The highest BCUT2D eigenvalue weighted by atomic mass is 35.5. The van der Waals surface area contributed by atoms with Gasteiger partial charge in [0.1, 0.15) is 0 Å². The van der Waals surface area contributed by atoms with Crippen LogP contribution < -0.4 is 14.2 Å². The first-order valence-corrected chi connectivity index (χ1v) is 10.1. The number of hydrogen-bond acceptors (Lipinski definition) is 5. The van der Waals surface area contributed by atoms with Gasteiger partial charge in [0, 0.05) is 32.1 Å². The average molecular weight is 411 g/mol. The van der Waals surface area contributed by atoms with Crippen LogP contribution in [0.5, 0.6) is 11.5 Å². The minimum Gasteiger partial charge on any atom is -0.490 e. The summed E-state index contributed by atoms with van der Waals surface area (Å²) in [7, 11) is -0.719. The molecule has 2 aromatic rings. The van der Waals surface area contributed by atoms with Crippen molar-refractivity contribution in [3.05, 3.63) is 47.0 Å². The second-order valence-electron chi connectivity index (χ2n) is 6.16. The van der Waals surface area contributed by atoms with Crippen LogP contribution in [0.15, 0.2) is 41.3 Å². The Balaban J connectivity index is 1.92. The van der Waals surface area contributed by atoms with Crippen LogP contribution in [-0.2, 0) is 10.0 Å². The Morgan fingerprint density at radius 1 is 1.07 bits per heavy atom. The average Bonchev–Trinajstić information content (AvgIpc) is 2.87. The Kier molecular flexibility index (Phi) is 5.48. The van der Waals surface area contributed by atoms with E-state index < -0.39 is 10.0 Å². The van der Waals surface area contributed by atoms with E-state index in [0.29, 0.717) is 30.3 Å². The number of benzene rings is 2. The summed E-state index contributed by atoms with van der Waals surface area (Å²) in [5.41, 5.74) is 0.442. The molecule has 27 heavy (non-hydrogen) atoms. The second kappa shape index (κ2) is 7.66. The predicted octanol–water partition coefficient (Wildman–Crippen LogP) is 3.00. The number of ether oxygens (including phenoxy) is 2. The number of sulfonamides is 1. The van der Waals surface area contributed by atoms with Crippen molar-refractivity contribution in [2.75, 3.05) is 32.0 Å². The lowest BCUT2D eigenvalue weighted by atomic mass is 10.2. The van der Waals surface area contributed by atoms with Gasteiger partial charge >= 0.3 is 0 Å². The summed E-state index contributed by atoms with van der Waals surface area (Å²) in [6.45, 7) is 0.962. The first-order valence-electron chi connectivity index (χ1n) is 8.21. The largest absolute Gasteiger partial charge is 0.490 e. The molecular formula is C18H19ClN2O5S. The Bertz CT molecular complexity index is 976. The van der Waals surface area contributed by atoms with E-state index in [2.05, 4.69) is 4.72 Å². The highest BCUT2D eigenvalue weighted by Gasteiger charge is 2.21. The first-order chi connectivity index (χ1) is 12.8. The summed E-state index contributed by atoms with van der Waals surface area (Å²) in [5.74, 6) is 0.615. The van der Waals surface area contributed by atoms with Gasteiger partial charge in [0.25, 0.3) is 15.9 Å². The molecule has 0 unspecified atom stereocenters. The summed E-state index contributed by atoms with van der Waals surface area (Å²) in [5, 5.41) is 0.184. The molecule has 1 aliphatic heterocycles. The van der Waals surface area contributed by atoms with E-state index in [1.807, 2.05) is 0 Å². The van der Waals surface area contributed by atoms with E-state index >= 15 is 0 Å². The van der Waals surface area contributed by atoms with E-state index in [1.54, 1.807) is 20.2 Å². The molecular weight excluding hydrogens is 392 g/mol.